The maximum Gasteiger partial charge on any atom is -0.0276 e. The lowest BCUT2D eigenvalue weighted by atomic mass is 10.00. The first-order valence-corrected chi connectivity index (χ1v) is 6.33. The van der Waals surface area contributed by atoms with Crippen LogP contribution in [0.1, 0.15) is 48.8 Å². The quantitative estimate of drug-likeness (QED) is 0.574. The fourth-order valence-electron chi connectivity index (χ4n) is 2.06. The monoisotopic (exact) mass is 215 g/mol. The summed E-state index contributed by atoms with van der Waals surface area (Å²) in [6.07, 6.45) is 9.21. The molecule has 0 unspecified atom stereocenters. The Morgan fingerprint density at radius 1 is 1.06 bits per heavy atom. The maximum atomic E-state index is 5.34. The SMILES string of the molecule is [CH]=CCCCCCCc1ccc(C)cc1C. The molecule has 0 aliphatic heterocycles. The lowest BCUT2D eigenvalue weighted by Gasteiger charge is -2.06. The zero-order valence-electron chi connectivity index (χ0n) is 10.6. The normalized spacial score (nSPS) is 10.4. The van der Waals surface area contributed by atoms with Gasteiger partial charge in [-0.25, -0.2) is 0 Å². The van der Waals surface area contributed by atoms with Crippen molar-refractivity contribution in [3.63, 3.8) is 0 Å². The van der Waals surface area contributed by atoms with E-state index in [0.717, 1.165) is 6.42 Å². The molecule has 0 amide bonds. The van der Waals surface area contributed by atoms with Crippen molar-refractivity contribution in [1.82, 2.24) is 0 Å². The highest BCUT2D eigenvalue weighted by Crippen LogP contribution is 2.14. The van der Waals surface area contributed by atoms with Crippen molar-refractivity contribution in [2.75, 3.05) is 0 Å². The van der Waals surface area contributed by atoms with Crippen LogP contribution in [-0.2, 0) is 6.42 Å². The van der Waals surface area contributed by atoms with Crippen LogP contribution in [0.25, 0.3) is 0 Å². The van der Waals surface area contributed by atoms with Crippen molar-refractivity contribution in [3.8, 4) is 0 Å². The molecular formula is C16H23. The molecule has 0 saturated heterocycles. The predicted molar refractivity (Wildman–Crippen MR) is 71.6 cm³/mol. The summed E-state index contributed by atoms with van der Waals surface area (Å²) < 4.78 is 0. The molecule has 0 aliphatic rings. The molecule has 0 aliphatic carbocycles. The Morgan fingerprint density at radius 3 is 2.50 bits per heavy atom. The summed E-state index contributed by atoms with van der Waals surface area (Å²) in [5.74, 6) is 0. The second-order valence-electron chi connectivity index (χ2n) is 4.62. The molecule has 0 nitrogen and oxygen atoms in total. The molecule has 0 saturated carbocycles. The number of benzene rings is 1. The van der Waals surface area contributed by atoms with E-state index >= 15 is 0 Å². The highest BCUT2D eigenvalue weighted by Gasteiger charge is 1.98. The molecule has 1 rings (SSSR count). The van der Waals surface area contributed by atoms with Gasteiger partial charge in [0.25, 0.3) is 0 Å². The molecule has 87 valence electrons. The van der Waals surface area contributed by atoms with Gasteiger partial charge < -0.3 is 0 Å². The molecule has 0 fully saturated rings. The van der Waals surface area contributed by atoms with Crippen molar-refractivity contribution >= 4 is 0 Å². The van der Waals surface area contributed by atoms with E-state index in [9.17, 15) is 0 Å². The summed E-state index contributed by atoms with van der Waals surface area (Å²) in [5.41, 5.74) is 4.31. The molecule has 16 heavy (non-hydrogen) atoms. The van der Waals surface area contributed by atoms with Crippen LogP contribution >= 0.6 is 0 Å². The van der Waals surface area contributed by atoms with Crippen molar-refractivity contribution in [2.24, 2.45) is 0 Å². The number of rotatable bonds is 7. The smallest absolute Gasteiger partial charge is 0.0276 e. The Kier molecular flexibility index (Phi) is 5.92. The number of unbranched alkanes of at least 4 members (excludes halogenated alkanes) is 4. The third-order valence-electron chi connectivity index (χ3n) is 3.07. The van der Waals surface area contributed by atoms with Gasteiger partial charge >= 0.3 is 0 Å². The highest BCUT2D eigenvalue weighted by atomic mass is 14.0. The van der Waals surface area contributed by atoms with Gasteiger partial charge in [0.1, 0.15) is 0 Å². The van der Waals surface area contributed by atoms with Gasteiger partial charge in [-0.1, -0.05) is 49.3 Å². The van der Waals surface area contributed by atoms with Crippen LogP contribution in [0.2, 0.25) is 0 Å². The lowest BCUT2D eigenvalue weighted by molar-refractivity contribution is 0.645. The Bertz CT molecular complexity index is 323. The number of aryl methyl sites for hydroxylation is 3. The average Bonchev–Trinajstić information content (AvgIpc) is 2.26. The summed E-state index contributed by atoms with van der Waals surface area (Å²) in [6, 6.07) is 6.77. The standard InChI is InChI=1S/C16H23/c1-4-5-6-7-8-9-10-16-12-11-14(2)13-15(16)3/h1,4,11-13H,5-10H2,2-3H3. The van der Waals surface area contributed by atoms with Crippen LogP contribution in [0.4, 0.5) is 0 Å². The average molecular weight is 215 g/mol. The van der Waals surface area contributed by atoms with E-state index < -0.39 is 0 Å². The largest absolute Gasteiger partial charge is 0.0845 e. The van der Waals surface area contributed by atoms with Gasteiger partial charge in [0.2, 0.25) is 0 Å². The van der Waals surface area contributed by atoms with Crippen LogP contribution in [-0.4, -0.2) is 0 Å². The molecule has 0 spiro atoms. The first-order valence-electron chi connectivity index (χ1n) is 6.33. The van der Waals surface area contributed by atoms with E-state index in [0.29, 0.717) is 0 Å². The van der Waals surface area contributed by atoms with E-state index in [1.54, 1.807) is 6.08 Å². The molecule has 1 aromatic rings. The fraction of sp³-hybridized carbons (Fsp3) is 0.500. The van der Waals surface area contributed by atoms with Crippen LogP contribution in [0.3, 0.4) is 0 Å². The molecule has 0 bridgehead atoms. The second-order valence-corrected chi connectivity index (χ2v) is 4.62. The maximum absolute atomic E-state index is 5.34. The van der Waals surface area contributed by atoms with Gasteiger partial charge in [-0.3, -0.25) is 0 Å². The Labute approximate surface area is 100 Å². The Balaban J connectivity index is 2.24. The van der Waals surface area contributed by atoms with Gasteiger partial charge in [0.05, 0.1) is 0 Å². The first kappa shape index (κ1) is 13.0. The molecule has 0 atom stereocenters. The minimum Gasteiger partial charge on any atom is -0.0845 e. The Hall–Kier alpha value is -1.04. The first-order chi connectivity index (χ1) is 7.74. The summed E-state index contributed by atoms with van der Waals surface area (Å²) in [7, 11) is 0. The fourth-order valence-corrected chi connectivity index (χ4v) is 2.06. The third kappa shape index (κ3) is 4.65. The second kappa shape index (κ2) is 7.27. The minimum absolute atomic E-state index is 1.06. The predicted octanol–water partition coefficient (Wildman–Crippen LogP) is 4.79. The van der Waals surface area contributed by atoms with Crippen molar-refractivity contribution in [3.05, 3.63) is 47.5 Å². The summed E-state index contributed by atoms with van der Waals surface area (Å²) in [4.78, 5) is 0. The molecule has 0 N–H and O–H groups in total. The molecule has 0 heterocycles. The minimum atomic E-state index is 1.06. The molecule has 0 heteroatoms. The summed E-state index contributed by atoms with van der Waals surface area (Å²) in [6.45, 7) is 9.71. The van der Waals surface area contributed by atoms with Gasteiger partial charge in [-0.2, -0.15) is 0 Å². The van der Waals surface area contributed by atoms with E-state index in [1.807, 2.05) is 0 Å². The van der Waals surface area contributed by atoms with Crippen molar-refractivity contribution in [1.29, 1.82) is 0 Å². The van der Waals surface area contributed by atoms with Gasteiger partial charge in [0, 0.05) is 0 Å². The Morgan fingerprint density at radius 2 is 1.81 bits per heavy atom. The number of hydrogen-bond acceptors (Lipinski definition) is 0. The van der Waals surface area contributed by atoms with Crippen LogP contribution < -0.4 is 0 Å². The van der Waals surface area contributed by atoms with Crippen LogP contribution in [0.5, 0.6) is 0 Å². The van der Waals surface area contributed by atoms with E-state index in [4.69, 9.17) is 6.58 Å². The summed E-state index contributed by atoms with van der Waals surface area (Å²) >= 11 is 0. The van der Waals surface area contributed by atoms with Gasteiger partial charge in [-0.05, 0) is 50.7 Å². The van der Waals surface area contributed by atoms with Crippen LogP contribution in [0.15, 0.2) is 24.3 Å². The number of allylic oxidation sites excluding steroid dienone is 1. The zero-order chi connectivity index (χ0) is 11.8. The van der Waals surface area contributed by atoms with Gasteiger partial charge in [-0.15, -0.1) is 0 Å². The van der Waals surface area contributed by atoms with Gasteiger partial charge in [0.15, 0.2) is 0 Å². The highest BCUT2D eigenvalue weighted by molar-refractivity contribution is 5.30. The van der Waals surface area contributed by atoms with Crippen molar-refractivity contribution in [2.45, 2.75) is 52.4 Å². The molecule has 1 radical (unpaired) electrons. The molecule has 0 aromatic heterocycles. The number of hydrogen-bond donors (Lipinski definition) is 0. The lowest BCUT2D eigenvalue weighted by Crippen LogP contribution is -1.91. The molecule has 1 aromatic carbocycles. The van der Waals surface area contributed by atoms with E-state index in [-0.39, 0.29) is 0 Å². The van der Waals surface area contributed by atoms with E-state index in [1.165, 1.54) is 48.8 Å². The zero-order valence-corrected chi connectivity index (χ0v) is 10.6. The van der Waals surface area contributed by atoms with Crippen molar-refractivity contribution < 1.29 is 0 Å². The third-order valence-corrected chi connectivity index (χ3v) is 3.07. The van der Waals surface area contributed by atoms with E-state index in [2.05, 4.69) is 32.0 Å². The summed E-state index contributed by atoms with van der Waals surface area (Å²) in [5, 5.41) is 0. The molecular weight excluding hydrogens is 192 g/mol. The topological polar surface area (TPSA) is 0 Å². The van der Waals surface area contributed by atoms with Crippen LogP contribution in [0, 0.1) is 20.4 Å².